The second-order valence-electron chi connectivity index (χ2n) is 4.34. The number of hydrogen-bond donors (Lipinski definition) is 1. The summed E-state index contributed by atoms with van der Waals surface area (Å²) >= 11 is 2.08. The van der Waals surface area contributed by atoms with Gasteiger partial charge in [0, 0.05) is 11.2 Å². The van der Waals surface area contributed by atoms with Crippen molar-refractivity contribution < 1.29 is 0 Å². The van der Waals surface area contributed by atoms with Crippen LogP contribution in [0.25, 0.3) is 0 Å². The van der Waals surface area contributed by atoms with Gasteiger partial charge in [0.25, 0.3) is 0 Å². The average Bonchev–Trinajstić information content (AvgIpc) is 2.32. The molecule has 0 aliphatic carbocycles. The van der Waals surface area contributed by atoms with Crippen LogP contribution in [-0.4, -0.2) is 18.1 Å². The van der Waals surface area contributed by atoms with E-state index in [0.29, 0.717) is 5.41 Å². The summed E-state index contributed by atoms with van der Waals surface area (Å²) in [6.45, 7) is 0.801. The van der Waals surface area contributed by atoms with Crippen LogP contribution in [0.2, 0.25) is 0 Å². The van der Waals surface area contributed by atoms with Gasteiger partial charge in [0.1, 0.15) is 0 Å². The van der Waals surface area contributed by atoms with Crippen LogP contribution in [0.15, 0.2) is 30.3 Å². The molecular weight excluding hydrogens is 202 g/mol. The smallest absolute Gasteiger partial charge is 0.00558 e. The first-order chi connectivity index (χ1) is 7.37. The topological polar surface area (TPSA) is 26.0 Å². The monoisotopic (exact) mass is 221 g/mol. The van der Waals surface area contributed by atoms with Crippen LogP contribution in [0.1, 0.15) is 24.8 Å². The summed E-state index contributed by atoms with van der Waals surface area (Å²) in [6, 6.07) is 10.9. The van der Waals surface area contributed by atoms with Gasteiger partial charge in [-0.3, -0.25) is 0 Å². The molecule has 1 atom stereocenters. The van der Waals surface area contributed by atoms with Crippen LogP contribution < -0.4 is 5.73 Å². The fraction of sp³-hybridized carbons (Fsp3) is 0.538. The third kappa shape index (κ3) is 2.37. The van der Waals surface area contributed by atoms with Gasteiger partial charge in [0.05, 0.1) is 0 Å². The number of benzene rings is 1. The number of nitrogens with two attached hydrogens (primary N) is 1. The Kier molecular flexibility index (Phi) is 3.71. The highest BCUT2D eigenvalue weighted by Crippen LogP contribution is 2.39. The Hall–Kier alpha value is -0.470. The Morgan fingerprint density at radius 3 is 2.67 bits per heavy atom. The minimum Gasteiger partial charge on any atom is -0.330 e. The normalized spacial score (nSPS) is 26.5. The maximum Gasteiger partial charge on any atom is 0.00558 e. The molecule has 1 saturated heterocycles. The van der Waals surface area contributed by atoms with Crippen molar-refractivity contribution in [1.29, 1.82) is 0 Å². The maximum absolute atomic E-state index is 5.77. The average molecular weight is 221 g/mol. The first-order valence-corrected chi connectivity index (χ1v) is 6.86. The minimum absolute atomic E-state index is 0.360. The van der Waals surface area contributed by atoms with E-state index in [-0.39, 0.29) is 0 Å². The molecule has 1 aromatic carbocycles. The summed E-state index contributed by atoms with van der Waals surface area (Å²) in [5.41, 5.74) is 7.62. The van der Waals surface area contributed by atoms with Gasteiger partial charge >= 0.3 is 0 Å². The van der Waals surface area contributed by atoms with Gasteiger partial charge in [-0.05, 0) is 37.1 Å². The molecule has 1 aromatic rings. The Morgan fingerprint density at radius 1 is 1.27 bits per heavy atom. The number of hydrogen-bond acceptors (Lipinski definition) is 2. The molecule has 1 aliphatic rings. The van der Waals surface area contributed by atoms with Crippen molar-refractivity contribution in [2.45, 2.75) is 24.7 Å². The molecule has 2 N–H and O–H groups in total. The fourth-order valence-electron chi connectivity index (χ4n) is 2.49. The molecule has 2 heteroatoms. The predicted molar refractivity (Wildman–Crippen MR) is 68.4 cm³/mol. The number of thioether (sulfide) groups is 1. The van der Waals surface area contributed by atoms with Crippen molar-refractivity contribution in [3.8, 4) is 0 Å². The molecule has 1 unspecified atom stereocenters. The van der Waals surface area contributed by atoms with E-state index >= 15 is 0 Å². The molecule has 1 aliphatic heterocycles. The van der Waals surface area contributed by atoms with E-state index in [4.69, 9.17) is 5.73 Å². The molecule has 0 bridgehead atoms. The first-order valence-electron chi connectivity index (χ1n) is 5.71. The van der Waals surface area contributed by atoms with E-state index in [2.05, 4.69) is 42.1 Å². The van der Waals surface area contributed by atoms with Gasteiger partial charge in [-0.15, -0.1) is 0 Å². The minimum atomic E-state index is 0.360. The third-order valence-electron chi connectivity index (χ3n) is 3.33. The van der Waals surface area contributed by atoms with Crippen molar-refractivity contribution in [2.75, 3.05) is 18.1 Å². The lowest BCUT2D eigenvalue weighted by atomic mass is 9.75. The second kappa shape index (κ2) is 5.04. The summed E-state index contributed by atoms with van der Waals surface area (Å²) in [6.07, 6.45) is 3.77. The van der Waals surface area contributed by atoms with Gasteiger partial charge in [0.2, 0.25) is 0 Å². The lowest BCUT2D eigenvalue weighted by Crippen LogP contribution is -2.34. The molecule has 15 heavy (non-hydrogen) atoms. The molecule has 2 rings (SSSR count). The summed E-state index contributed by atoms with van der Waals surface area (Å²) < 4.78 is 0. The Balaban J connectivity index is 2.25. The SMILES string of the molecule is NCCC1(c2ccccc2)CCCSC1. The molecule has 0 amide bonds. The lowest BCUT2D eigenvalue weighted by Gasteiger charge is -2.37. The van der Waals surface area contributed by atoms with E-state index in [9.17, 15) is 0 Å². The molecule has 0 aromatic heterocycles. The predicted octanol–water partition coefficient (Wildman–Crippen LogP) is 2.80. The highest BCUT2D eigenvalue weighted by Gasteiger charge is 2.33. The largest absolute Gasteiger partial charge is 0.330 e. The van der Waals surface area contributed by atoms with E-state index in [1.807, 2.05) is 0 Å². The molecule has 1 fully saturated rings. The highest BCUT2D eigenvalue weighted by molar-refractivity contribution is 7.99. The summed E-state index contributed by atoms with van der Waals surface area (Å²) in [5.74, 6) is 2.56. The van der Waals surface area contributed by atoms with Crippen LogP contribution in [0.4, 0.5) is 0 Å². The molecule has 82 valence electrons. The molecular formula is C13H19NS. The van der Waals surface area contributed by atoms with Gasteiger partial charge in [-0.2, -0.15) is 11.8 Å². The summed E-state index contributed by atoms with van der Waals surface area (Å²) in [5, 5.41) is 0. The van der Waals surface area contributed by atoms with E-state index < -0.39 is 0 Å². The van der Waals surface area contributed by atoms with Crippen LogP contribution >= 0.6 is 11.8 Å². The highest BCUT2D eigenvalue weighted by atomic mass is 32.2. The Bertz CT molecular complexity index is 285. The number of rotatable bonds is 3. The van der Waals surface area contributed by atoms with Crippen molar-refractivity contribution in [2.24, 2.45) is 5.73 Å². The fourth-order valence-corrected chi connectivity index (χ4v) is 3.83. The molecule has 1 nitrogen and oxygen atoms in total. The quantitative estimate of drug-likeness (QED) is 0.849. The zero-order valence-corrected chi connectivity index (χ0v) is 9.93. The lowest BCUT2D eigenvalue weighted by molar-refractivity contribution is 0.403. The molecule has 1 heterocycles. The van der Waals surface area contributed by atoms with Crippen molar-refractivity contribution >= 4 is 11.8 Å². The first kappa shape index (κ1) is 11.0. The summed E-state index contributed by atoms with van der Waals surface area (Å²) in [7, 11) is 0. The van der Waals surface area contributed by atoms with Gasteiger partial charge in [-0.1, -0.05) is 30.3 Å². The van der Waals surface area contributed by atoms with E-state index in [0.717, 1.165) is 13.0 Å². The van der Waals surface area contributed by atoms with Gasteiger partial charge in [0.15, 0.2) is 0 Å². The van der Waals surface area contributed by atoms with E-state index in [1.54, 1.807) is 0 Å². The Morgan fingerprint density at radius 2 is 2.07 bits per heavy atom. The van der Waals surface area contributed by atoms with Gasteiger partial charge in [-0.25, -0.2) is 0 Å². The second-order valence-corrected chi connectivity index (χ2v) is 5.45. The standard InChI is InChI=1S/C13H19NS/c14-9-8-13(7-4-10-15-11-13)12-5-2-1-3-6-12/h1-3,5-6H,4,7-11,14H2. The van der Waals surface area contributed by atoms with Crippen molar-refractivity contribution in [3.63, 3.8) is 0 Å². The summed E-state index contributed by atoms with van der Waals surface area (Å²) in [4.78, 5) is 0. The van der Waals surface area contributed by atoms with E-state index in [1.165, 1.54) is 29.9 Å². The zero-order chi connectivity index (χ0) is 10.6. The zero-order valence-electron chi connectivity index (χ0n) is 9.11. The van der Waals surface area contributed by atoms with Crippen molar-refractivity contribution in [3.05, 3.63) is 35.9 Å². The third-order valence-corrected chi connectivity index (χ3v) is 4.67. The van der Waals surface area contributed by atoms with Crippen molar-refractivity contribution in [1.82, 2.24) is 0 Å². The van der Waals surface area contributed by atoms with Crippen LogP contribution in [-0.2, 0) is 5.41 Å². The van der Waals surface area contributed by atoms with Crippen LogP contribution in [0.5, 0.6) is 0 Å². The molecule has 0 spiro atoms. The van der Waals surface area contributed by atoms with Gasteiger partial charge < -0.3 is 5.73 Å². The Labute approximate surface area is 96.4 Å². The molecule has 0 saturated carbocycles. The van der Waals surface area contributed by atoms with Crippen LogP contribution in [0, 0.1) is 0 Å². The maximum atomic E-state index is 5.77. The molecule has 0 radical (unpaired) electrons. The van der Waals surface area contributed by atoms with Crippen LogP contribution in [0.3, 0.4) is 0 Å².